The zero-order chi connectivity index (χ0) is 13.4. The maximum Gasteiger partial charge on any atom is 0.221 e. The molecule has 0 aromatic heterocycles. The Bertz CT molecular complexity index is 351. The second-order valence-electron chi connectivity index (χ2n) is 4.71. The largest absolute Gasteiger partial charge is 0.350 e. The van der Waals surface area contributed by atoms with Crippen molar-refractivity contribution in [3.63, 3.8) is 0 Å². The van der Waals surface area contributed by atoms with Crippen LogP contribution in [-0.4, -0.2) is 18.5 Å². The molecule has 0 bridgehead atoms. The molecule has 0 radical (unpaired) electrons. The summed E-state index contributed by atoms with van der Waals surface area (Å²) in [7, 11) is 0. The van der Waals surface area contributed by atoms with E-state index in [4.69, 9.17) is 0 Å². The molecule has 18 heavy (non-hydrogen) atoms. The number of hydrogen-bond donors (Lipinski definition) is 2. The smallest absolute Gasteiger partial charge is 0.221 e. The van der Waals surface area contributed by atoms with Crippen LogP contribution in [0.15, 0.2) is 30.3 Å². The fraction of sp³-hybridized carbons (Fsp3) is 0.533. The third kappa shape index (κ3) is 5.32. The van der Waals surface area contributed by atoms with Gasteiger partial charge in [0.1, 0.15) is 0 Å². The van der Waals surface area contributed by atoms with Crippen LogP contribution in [0.3, 0.4) is 0 Å². The van der Waals surface area contributed by atoms with Crippen LogP contribution in [0, 0.1) is 0 Å². The lowest BCUT2D eigenvalue weighted by atomic mass is 10.1. The average Bonchev–Trinajstić information content (AvgIpc) is 2.39. The highest BCUT2D eigenvalue weighted by Crippen LogP contribution is 2.10. The van der Waals surface area contributed by atoms with Crippen LogP contribution < -0.4 is 10.6 Å². The first kappa shape index (κ1) is 14.7. The number of rotatable bonds is 7. The monoisotopic (exact) mass is 248 g/mol. The Kier molecular flexibility index (Phi) is 6.44. The molecule has 2 atom stereocenters. The van der Waals surface area contributed by atoms with E-state index in [1.54, 1.807) is 0 Å². The Morgan fingerprint density at radius 3 is 2.50 bits per heavy atom. The maximum absolute atomic E-state index is 11.7. The molecular weight excluding hydrogens is 224 g/mol. The Hall–Kier alpha value is -1.35. The fourth-order valence-electron chi connectivity index (χ4n) is 1.72. The molecule has 0 fully saturated rings. The fourth-order valence-corrected chi connectivity index (χ4v) is 1.72. The zero-order valence-corrected chi connectivity index (χ0v) is 11.6. The lowest BCUT2D eigenvalue weighted by molar-refractivity contribution is -0.121. The van der Waals surface area contributed by atoms with E-state index >= 15 is 0 Å². The van der Waals surface area contributed by atoms with Crippen molar-refractivity contribution in [2.75, 3.05) is 6.54 Å². The van der Waals surface area contributed by atoms with Gasteiger partial charge in [0.2, 0.25) is 5.91 Å². The average molecular weight is 248 g/mol. The molecule has 3 nitrogen and oxygen atoms in total. The molecular formula is C15H24N2O. The van der Waals surface area contributed by atoms with Crippen LogP contribution in [-0.2, 0) is 4.79 Å². The quantitative estimate of drug-likeness (QED) is 0.779. The van der Waals surface area contributed by atoms with Gasteiger partial charge in [0.05, 0.1) is 6.04 Å². The molecule has 1 rings (SSSR count). The summed E-state index contributed by atoms with van der Waals surface area (Å²) >= 11 is 0. The minimum atomic E-state index is 0.0716. The predicted octanol–water partition coefficient (Wildman–Crippen LogP) is 2.64. The van der Waals surface area contributed by atoms with Gasteiger partial charge in [-0.1, -0.05) is 37.3 Å². The Balaban J connectivity index is 2.28. The summed E-state index contributed by atoms with van der Waals surface area (Å²) in [5, 5.41) is 6.32. The molecule has 0 aliphatic heterocycles. The van der Waals surface area contributed by atoms with Crippen molar-refractivity contribution < 1.29 is 4.79 Å². The van der Waals surface area contributed by atoms with Crippen molar-refractivity contribution in [2.24, 2.45) is 0 Å². The number of carbonyl (C=O) groups is 1. The van der Waals surface area contributed by atoms with Gasteiger partial charge in [-0.25, -0.2) is 0 Å². The van der Waals surface area contributed by atoms with Gasteiger partial charge in [0, 0.05) is 19.0 Å². The van der Waals surface area contributed by atoms with Crippen molar-refractivity contribution in [2.45, 2.75) is 45.7 Å². The number of nitrogens with one attached hydrogen (secondary N) is 2. The van der Waals surface area contributed by atoms with Gasteiger partial charge in [0.25, 0.3) is 0 Å². The van der Waals surface area contributed by atoms with Crippen LogP contribution in [0.25, 0.3) is 0 Å². The summed E-state index contributed by atoms with van der Waals surface area (Å²) in [6.07, 6.45) is 1.61. The van der Waals surface area contributed by atoms with Crippen molar-refractivity contribution >= 4 is 5.91 Å². The van der Waals surface area contributed by atoms with Crippen LogP contribution in [0.2, 0.25) is 0 Å². The van der Waals surface area contributed by atoms with Gasteiger partial charge in [-0.3, -0.25) is 4.79 Å². The highest BCUT2D eigenvalue weighted by atomic mass is 16.1. The Labute approximate surface area is 110 Å². The second kappa shape index (κ2) is 7.88. The van der Waals surface area contributed by atoms with Crippen LogP contribution in [0.1, 0.15) is 45.2 Å². The van der Waals surface area contributed by atoms with Crippen molar-refractivity contribution in [3.05, 3.63) is 35.9 Å². The van der Waals surface area contributed by atoms with E-state index < -0.39 is 0 Å². The van der Waals surface area contributed by atoms with Crippen LogP contribution >= 0.6 is 0 Å². The van der Waals surface area contributed by atoms with Gasteiger partial charge in [-0.15, -0.1) is 0 Å². The van der Waals surface area contributed by atoms with Crippen molar-refractivity contribution in [1.82, 2.24) is 10.6 Å². The lowest BCUT2D eigenvalue weighted by Crippen LogP contribution is -2.32. The first-order valence-corrected chi connectivity index (χ1v) is 6.71. The van der Waals surface area contributed by atoms with E-state index in [1.165, 1.54) is 0 Å². The number of hydrogen-bond acceptors (Lipinski definition) is 2. The van der Waals surface area contributed by atoms with E-state index in [9.17, 15) is 4.79 Å². The molecule has 1 aromatic rings. The van der Waals surface area contributed by atoms with Gasteiger partial charge in [0.15, 0.2) is 0 Å². The van der Waals surface area contributed by atoms with Crippen LogP contribution in [0.5, 0.6) is 0 Å². The van der Waals surface area contributed by atoms with E-state index in [0.717, 1.165) is 18.5 Å². The molecule has 0 spiro atoms. The van der Waals surface area contributed by atoms with E-state index in [1.807, 2.05) is 37.3 Å². The number of carbonyl (C=O) groups excluding carboxylic acids is 1. The summed E-state index contributed by atoms with van der Waals surface area (Å²) in [5.74, 6) is 0.0992. The van der Waals surface area contributed by atoms with E-state index in [2.05, 4.69) is 24.5 Å². The SMILES string of the molecule is CCC(C)NCCC(=O)NC(C)c1ccccc1. The number of amides is 1. The van der Waals surface area contributed by atoms with Crippen molar-refractivity contribution in [3.8, 4) is 0 Å². The third-order valence-electron chi connectivity index (χ3n) is 3.13. The summed E-state index contributed by atoms with van der Waals surface area (Å²) < 4.78 is 0. The lowest BCUT2D eigenvalue weighted by Gasteiger charge is -2.15. The second-order valence-corrected chi connectivity index (χ2v) is 4.71. The molecule has 0 aliphatic carbocycles. The summed E-state index contributed by atoms with van der Waals surface area (Å²) in [4.78, 5) is 11.7. The Morgan fingerprint density at radius 2 is 1.89 bits per heavy atom. The first-order valence-electron chi connectivity index (χ1n) is 6.71. The minimum absolute atomic E-state index is 0.0716. The Morgan fingerprint density at radius 1 is 1.22 bits per heavy atom. The van der Waals surface area contributed by atoms with E-state index in [0.29, 0.717) is 12.5 Å². The predicted molar refractivity (Wildman–Crippen MR) is 75.4 cm³/mol. The highest BCUT2D eigenvalue weighted by Gasteiger charge is 2.08. The minimum Gasteiger partial charge on any atom is -0.350 e. The summed E-state index contributed by atoms with van der Waals surface area (Å²) in [6.45, 7) is 7.01. The molecule has 2 unspecified atom stereocenters. The molecule has 100 valence electrons. The molecule has 2 N–H and O–H groups in total. The molecule has 0 saturated heterocycles. The molecule has 0 aliphatic rings. The molecule has 1 amide bonds. The van der Waals surface area contributed by atoms with Gasteiger partial charge in [-0.05, 0) is 25.8 Å². The normalized spacial score (nSPS) is 13.9. The zero-order valence-electron chi connectivity index (χ0n) is 11.6. The van der Waals surface area contributed by atoms with Gasteiger partial charge < -0.3 is 10.6 Å². The molecule has 0 saturated carbocycles. The third-order valence-corrected chi connectivity index (χ3v) is 3.13. The van der Waals surface area contributed by atoms with Gasteiger partial charge >= 0.3 is 0 Å². The summed E-state index contributed by atoms with van der Waals surface area (Å²) in [6, 6.07) is 10.6. The standard InChI is InChI=1S/C15H24N2O/c1-4-12(2)16-11-10-15(18)17-13(3)14-8-6-5-7-9-14/h5-9,12-13,16H,4,10-11H2,1-3H3,(H,17,18). The first-order chi connectivity index (χ1) is 8.63. The molecule has 0 heterocycles. The van der Waals surface area contributed by atoms with Crippen molar-refractivity contribution in [1.29, 1.82) is 0 Å². The highest BCUT2D eigenvalue weighted by molar-refractivity contribution is 5.76. The number of benzene rings is 1. The molecule has 3 heteroatoms. The van der Waals surface area contributed by atoms with E-state index in [-0.39, 0.29) is 11.9 Å². The summed E-state index contributed by atoms with van der Waals surface area (Å²) in [5.41, 5.74) is 1.14. The topological polar surface area (TPSA) is 41.1 Å². The molecule has 1 aromatic carbocycles. The van der Waals surface area contributed by atoms with Crippen LogP contribution in [0.4, 0.5) is 0 Å². The van der Waals surface area contributed by atoms with Gasteiger partial charge in [-0.2, -0.15) is 0 Å². The maximum atomic E-state index is 11.7.